The maximum Gasteiger partial charge on any atom is 0.337 e. The molecule has 1 rings (SSSR count). The molecule has 0 bridgehead atoms. The number of alkyl halides is 2. The van der Waals surface area contributed by atoms with Crippen molar-refractivity contribution in [3.63, 3.8) is 0 Å². The highest BCUT2D eigenvalue weighted by atomic mass is 127. The molecule has 0 heterocycles. The lowest BCUT2D eigenvalue weighted by Crippen LogP contribution is -2.38. The molecule has 14 heavy (non-hydrogen) atoms. The molecule has 0 aromatic heterocycles. The van der Waals surface area contributed by atoms with E-state index in [1.807, 2.05) is 22.6 Å². The topological polar surface area (TPSA) is 40.1 Å². The highest BCUT2D eigenvalue weighted by molar-refractivity contribution is 14.1. The minimum Gasteiger partial charge on any atom is -0.543 e. The third-order valence-electron chi connectivity index (χ3n) is 1.30. The summed E-state index contributed by atoms with van der Waals surface area (Å²) in [4.78, 5) is 10.2. The fraction of sp³-hybridized carbons (Fsp3) is 0.125. The van der Waals surface area contributed by atoms with E-state index in [0.717, 1.165) is 3.57 Å². The second-order valence-corrected chi connectivity index (χ2v) is 4.79. The van der Waals surface area contributed by atoms with Crippen LogP contribution in [-0.2, 0) is 4.79 Å². The summed E-state index contributed by atoms with van der Waals surface area (Å²) in [6.07, 6.45) is 0. The molecule has 0 radical (unpaired) electrons. The van der Waals surface area contributed by atoms with Gasteiger partial charge >= 0.3 is 5.25 Å². The first-order chi connectivity index (χ1) is 6.42. The monoisotopic (exact) mass is 329 g/mol. The molecule has 0 unspecified atom stereocenters. The molecule has 2 nitrogen and oxygen atoms in total. The second kappa shape index (κ2) is 4.43. The second-order valence-electron chi connectivity index (χ2n) is 2.36. The van der Waals surface area contributed by atoms with Crippen LogP contribution in [0.4, 0.5) is 8.78 Å². The fourth-order valence-corrected chi connectivity index (χ4v) is 1.70. The molecule has 0 fully saturated rings. The van der Waals surface area contributed by atoms with Crippen LogP contribution in [0.25, 0.3) is 0 Å². The van der Waals surface area contributed by atoms with E-state index in [0.29, 0.717) is 0 Å². The van der Waals surface area contributed by atoms with Gasteiger partial charge in [0.15, 0.2) is 0 Å². The zero-order chi connectivity index (χ0) is 10.8. The molecule has 1 aromatic rings. The van der Waals surface area contributed by atoms with E-state index in [1.54, 1.807) is 12.1 Å². The number of rotatable bonds is 3. The Morgan fingerprint density at radius 1 is 1.36 bits per heavy atom. The molecule has 0 aliphatic rings. The first-order valence-corrected chi connectivity index (χ1v) is 5.35. The SMILES string of the molecule is O=C([O-])C(F)(F)Sc1ccc(I)cc1. The molecule has 0 aliphatic heterocycles. The fourth-order valence-electron chi connectivity index (χ4n) is 0.692. The smallest absolute Gasteiger partial charge is 0.337 e. The molecular weight excluding hydrogens is 325 g/mol. The van der Waals surface area contributed by atoms with Gasteiger partial charge in [0.25, 0.3) is 0 Å². The van der Waals surface area contributed by atoms with Crippen molar-refractivity contribution in [2.45, 2.75) is 10.2 Å². The molecule has 0 N–H and O–H groups in total. The Morgan fingerprint density at radius 3 is 2.29 bits per heavy atom. The molecule has 76 valence electrons. The number of hydrogen-bond donors (Lipinski definition) is 0. The number of halogens is 3. The minimum atomic E-state index is -3.88. The largest absolute Gasteiger partial charge is 0.543 e. The van der Waals surface area contributed by atoms with Crippen molar-refractivity contribution >= 4 is 40.3 Å². The standard InChI is InChI=1S/C8H5F2IO2S/c9-8(10,7(12)13)14-6-3-1-5(11)2-4-6/h1-4H,(H,12,13)/p-1. The summed E-state index contributed by atoms with van der Waals surface area (Å²) < 4.78 is 26.2. The lowest BCUT2D eigenvalue weighted by atomic mass is 10.4. The van der Waals surface area contributed by atoms with Crippen molar-refractivity contribution < 1.29 is 18.7 Å². The van der Waals surface area contributed by atoms with Gasteiger partial charge in [-0.15, -0.1) is 0 Å². The molecule has 0 saturated heterocycles. The maximum atomic E-state index is 12.6. The van der Waals surface area contributed by atoms with Gasteiger partial charge < -0.3 is 9.90 Å². The van der Waals surface area contributed by atoms with Gasteiger partial charge in [0.05, 0.1) is 0 Å². The van der Waals surface area contributed by atoms with Crippen LogP contribution < -0.4 is 5.11 Å². The summed E-state index contributed by atoms with van der Waals surface area (Å²) in [5, 5.41) is 6.13. The van der Waals surface area contributed by atoms with Crippen LogP contribution in [0.1, 0.15) is 0 Å². The van der Waals surface area contributed by atoms with Gasteiger partial charge in [-0.25, -0.2) is 0 Å². The van der Waals surface area contributed by atoms with Crippen molar-refractivity contribution in [2.75, 3.05) is 0 Å². The summed E-state index contributed by atoms with van der Waals surface area (Å²) >= 11 is 1.99. The third kappa shape index (κ3) is 3.09. The van der Waals surface area contributed by atoms with Gasteiger partial charge in [-0.1, -0.05) is 0 Å². The Morgan fingerprint density at radius 2 is 1.86 bits per heavy atom. The number of carbonyl (C=O) groups is 1. The predicted octanol–water partition coefficient (Wildman–Crippen LogP) is 1.73. The molecule has 6 heteroatoms. The summed E-state index contributed by atoms with van der Waals surface area (Å²) in [5.74, 6) is -2.37. The number of carboxylic acids is 1. The lowest BCUT2D eigenvalue weighted by Gasteiger charge is -2.15. The molecular formula is C8H4F2IO2S-. The van der Waals surface area contributed by atoms with E-state index in [1.165, 1.54) is 12.1 Å². The van der Waals surface area contributed by atoms with Gasteiger partial charge in [-0.05, 0) is 58.6 Å². The average molecular weight is 329 g/mol. The first-order valence-electron chi connectivity index (χ1n) is 3.45. The van der Waals surface area contributed by atoms with E-state index in [-0.39, 0.29) is 16.7 Å². The number of benzene rings is 1. The number of aliphatic carboxylic acids is 1. The third-order valence-corrected chi connectivity index (χ3v) is 2.95. The van der Waals surface area contributed by atoms with Crippen molar-refractivity contribution in [3.05, 3.63) is 27.8 Å². The van der Waals surface area contributed by atoms with Crippen LogP contribution >= 0.6 is 34.4 Å². The average Bonchev–Trinajstić information content (AvgIpc) is 2.08. The van der Waals surface area contributed by atoms with Crippen LogP contribution in [0.2, 0.25) is 0 Å². The summed E-state index contributed by atoms with van der Waals surface area (Å²) in [6, 6.07) is 6.11. The number of carboxylic acid groups (broad SMARTS) is 1. The number of carbonyl (C=O) groups excluding carboxylic acids is 1. The zero-order valence-electron chi connectivity index (χ0n) is 6.67. The van der Waals surface area contributed by atoms with Gasteiger partial charge in [0.2, 0.25) is 0 Å². The molecule has 0 aliphatic carbocycles. The van der Waals surface area contributed by atoms with E-state index >= 15 is 0 Å². The first kappa shape index (κ1) is 11.7. The van der Waals surface area contributed by atoms with E-state index in [4.69, 9.17) is 0 Å². The molecule has 1 aromatic carbocycles. The Kier molecular flexibility index (Phi) is 3.71. The molecule has 0 spiro atoms. The van der Waals surface area contributed by atoms with E-state index in [9.17, 15) is 18.7 Å². The van der Waals surface area contributed by atoms with Crippen LogP contribution in [0.15, 0.2) is 29.2 Å². The van der Waals surface area contributed by atoms with Gasteiger partial charge in [0.1, 0.15) is 5.97 Å². The Hall–Kier alpha value is -0.370. The van der Waals surface area contributed by atoms with Gasteiger partial charge in [-0.2, -0.15) is 8.78 Å². The van der Waals surface area contributed by atoms with Crippen LogP contribution in [0, 0.1) is 3.57 Å². The maximum absolute atomic E-state index is 12.6. The van der Waals surface area contributed by atoms with E-state index < -0.39 is 11.2 Å². The highest BCUT2D eigenvalue weighted by Crippen LogP contribution is 2.35. The van der Waals surface area contributed by atoms with Crippen LogP contribution in [-0.4, -0.2) is 11.2 Å². The lowest BCUT2D eigenvalue weighted by molar-refractivity contribution is -0.320. The summed E-state index contributed by atoms with van der Waals surface area (Å²) in [5.41, 5.74) is 0. The van der Waals surface area contributed by atoms with Crippen LogP contribution in [0.3, 0.4) is 0 Å². The van der Waals surface area contributed by atoms with Gasteiger partial charge in [-0.3, -0.25) is 0 Å². The van der Waals surface area contributed by atoms with E-state index in [2.05, 4.69) is 0 Å². The quantitative estimate of drug-likeness (QED) is 0.626. The van der Waals surface area contributed by atoms with Crippen molar-refractivity contribution in [3.8, 4) is 0 Å². The minimum absolute atomic E-state index is 0.0360. The molecule has 0 amide bonds. The Bertz CT molecular complexity index is 340. The van der Waals surface area contributed by atoms with Gasteiger partial charge in [0, 0.05) is 8.47 Å². The van der Waals surface area contributed by atoms with Crippen molar-refractivity contribution in [2.24, 2.45) is 0 Å². The summed E-state index contributed by atoms with van der Waals surface area (Å²) in [7, 11) is 0. The van der Waals surface area contributed by atoms with Crippen LogP contribution in [0.5, 0.6) is 0 Å². The predicted molar refractivity (Wildman–Crippen MR) is 55.0 cm³/mol. The molecule has 0 saturated carbocycles. The van der Waals surface area contributed by atoms with Crippen molar-refractivity contribution in [1.29, 1.82) is 0 Å². The Balaban J connectivity index is 2.79. The summed E-state index contributed by atoms with van der Waals surface area (Å²) in [6.45, 7) is 0. The number of hydrogen-bond acceptors (Lipinski definition) is 3. The normalized spacial score (nSPS) is 11.4. The highest BCUT2D eigenvalue weighted by Gasteiger charge is 2.32. The Labute approximate surface area is 96.8 Å². The molecule has 0 atom stereocenters. The number of thioether (sulfide) groups is 1. The van der Waals surface area contributed by atoms with Crippen molar-refractivity contribution in [1.82, 2.24) is 0 Å². The zero-order valence-corrected chi connectivity index (χ0v) is 9.64.